The second-order valence-corrected chi connectivity index (χ2v) is 3.54. The Bertz CT molecular complexity index is 417. The van der Waals surface area contributed by atoms with Gasteiger partial charge in [0.2, 0.25) is 0 Å². The van der Waals surface area contributed by atoms with E-state index in [-0.39, 0.29) is 5.02 Å². The van der Waals surface area contributed by atoms with Gasteiger partial charge in [0.05, 0.1) is 0 Å². The van der Waals surface area contributed by atoms with Crippen molar-refractivity contribution in [3.63, 3.8) is 0 Å². The molecule has 0 aromatic heterocycles. The monoisotopic (exact) mass is 226 g/mol. The van der Waals surface area contributed by atoms with Gasteiger partial charge in [0.25, 0.3) is 0 Å². The Labute approximate surface area is 78.9 Å². The lowest BCUT2D eigenvalue weighted by molar-refractivity contribution is 0.376. The van der Waals surface area contributed by atoms with Gasteiger partial charge in [0, 0.05) is 5.02 Å². The van der Waals surface area contributed by atoms with E-state index in [1.165, 1.54) is 6.07 Å². The SMILES string of the molecule is O=S(=O)(O)Oc1ccc(Cl)cc1F. The van der Waals surface area contributed by atoms with E-state index in [0.717, 1.165) is 12.1 Å². The van der Waals surface area contributed by atoms with Crippen molar-refractivity contribution in [2.24, 2.45) is 0 Å². The van der Waals surface area contributed by atoms with E-state index in [1.807, 2.05) is 0 Å². The first kappa shape index (κ1) is 10.2. The molecule has 0 bridgehead atoms. The lowest BCUT2D eigenvalue weighted by atomic mass is 10.3. The summed E-state index contributed by atoms with van der Waals surface area (Å²) in [6.45, 7) is 0. The molecule has 0 heterocycles. The lowest BCUT2D eigenvalue weighted by Crippen LogP contribution is -2.07. The molecule has 0 fully saturated rings. The molecule has 0 aliphatic carbocycles. The predicted octanol–water partition coefficient (Wildman–Crippen LogP) is 1.66. The van der Waals surface area contributed by atoms with Crippen molar-refractivity contribution in [3.05, 3.63) is 29.0 Å². The molecule has 0 radical (unpaired) electrons. The van der Waals surface area contributed by atoms with Crippen LogP contribution in [0, 0.1) is 5.82 Å². The quantitative estimate of drug-likeness (QED) is 0.779. The molecule has 1 rings (SSSR count). The molecule has 0 aliphatic heterocycles. The average molecular weight is 227 g/mol. The Kier molecular flexibility index (Phi) is 2.74. The van der Waals surface area contributed by atoms with Crippen LogP contribution < -0.4 is 4.18 Å². The van der Waals surface area contributed by atoms with Crippen LogP contribution in [0.4, 0.5) is 4.39 Å². The zero-order chi connectivity index (χ0) is 10.1. The maximum absolute atomic E-state index is 12.8. The normalized spacial score (nSPS) is 11.3. The summed E-state index contributed by atoms with van der Waals surface area (Å²) in [6, 6.07) is 3.08. The van der Waals surface area contributed by atoms with Crippen molar-refractivity contribution in [3.8, 4) is 5.75 Å². The van der Waals surface area contributed by atoms with Crippen LogP contribution in [0.25, 0.3) is 0 Å². The zero-order valence-electron chi connectivity index (χ0n) is 6.07. The largest absolute Gasteiger partial charge is 0.446 e. The number of halogens is 2. The van der Waals surface area contributed by atoms with Crippen molar-refractivity contribution in [2.75, 3.05) is 0 Å². The molecule has 7 heteroatoms. The Morgan fingerprint density at radius 3 is 2.54 bits per heavy atom. The molecule has 0 saturated heterocycles. The minimum absolute atomic E-state index is 0.0974. The van der Waals surface area contributed by atoms with E-state index in [2.05, 4.69) is 4.18 Å². The van der Waals surface area contributed by atoms with E-state index < -0.39 is 22.0 Å². The molecule has 0 atom stereocenters. The number of benzene rings is 1. The first-order valence-corrected chi connectivity index (χ1v) is 4.75. The van der Waals surface area contributed by atoms with E-state index in [1.54, 1.807) is 0 Å². The van der Waals surface area contributed by atoms with Gasteiger partial charge in [-0.05, 0) is 18.2 Å². The van der Waals surface area contributed by atoms with E-state index >= 15 is 0 Å². The maximum Gasteiger partial charge on any atom is 0.446 e. The van der Waals surface area contributed by atoms with Gasteiger partial charge < -0.3 is 4.18 Å². The topological polar surface area (TPSA) is 63.6 Å². The van der Waals surface area contributed by atoms with Crippen molar-refractivity contribution in [2.45, 2.75) is 0 Å². The minimum Gasteiger partial charge on any atom is -0.359 e. The van der Waals surface area contributed by atoms with Gasteiger partial charge in [-0.15, -0.1) is 0 Å². The van der Waals surface area contributed by atoms with Crippen LogP contribution in [0.3, 0.4) is 0 Å². The van der Waals surface area contributed by atoms with Gasteiger partial charge in [-0.2, -0.15) is 8.42 Å². The first-order valence-electron chi connectivity index (χ1n) is 3.00. The van der Waals surface area contributed by atoms with Crippen LogP contribution in [0.15, 0.2) is 18.2 Å². The fourth-order valence-electron chi connectivity index (χ4n) is 0.656. The van der Waals surface area contributed by atoms with E-state index in [9.17, 15) is 12.8 Å². The van der Waals surface area contributed by atoms with Gasteiger partial charge in [0.15, 0.2) is 11.6 Å². The summed E-state index contributed by atoms with van der Waals surface area (Å²) in [4.78, 5) is 0. The van der Waals surface area contributed by atoms with Gasteiger partial charge in [-0.3, -0.25) is 4.55 Å². The molecule has 4 nitrogen and oxygen atoms in total. The Morgan fingerprint density at radius 1 is 1.46 bits per heavy atom. The molecular formula is C6H4ClFO4S. The van der Waals surface area contributed by atoms with Crippen molar-refractivity contribution in [1.29, 1.82) is 0 Å². The molecule has 1 aromatic carbocycles. The highest BCUT2D eigenvalue weighted by Gasteiger charge is 2.11. The Morgan fingerprint density at radius 2 is 2.08 bits per heavy atom. The highest BCUT2D eigenvalue weighted by molar-refractivity contribution is 7.81. The van der Waals surface area contributed by atoms with Gasteiger partial charge in [-0.1, -0.05) is 11.6 Å². The number of hydrogen-bond donors (Lipinski definition) is 1. The Hall–Kier alpha value is -0.850. The zero-order valence-corrected chi connectivity index (χ0v) is 7.64. The third-order valence-corrected chi connectivity index (χ3v) is 1.71. The Balaban J connectivity index is 3.04. The van der Waals surface area contributed by atoms with Crippen LogP contribution in [0.2, 0.25) is 5.02 Å². The summed E-state index contributed by atoms with van der Waals surface area (Å²) in [5.41, 5.74) is 0. The fraction of sp³-hybridized carbons (Fsp3) is 0. The van der Waals surface area contributed by atoms with Gasteiger partial charge in [0.1, 0.15) is 0 Å². The molecule has 0 unspecified atom stereocenters. The van der Waals surface area contributed by atoms with E-state index in [4.69, 9.17) is 16.2 Å². The van der Waals surface area contributed by atoms with Gasteiger partial charge >= 0.3 is 10.4 Å². The predicted molar refractivity (Wildman–Crippen MR) is 43.6 cm³/mol. The third-order valence-electron chi connectivity index (χ3n) is 1.09. The smallest absolute Gasteiger partial charge is 0.359 e. The lowest BCUT2D eigenvalue weighted by Gasteiger charge is -2.01. The molecule has 1 N–H and O–H groups in total. The second kappa shape index (κ2) is 3.49. The summed E-state index contributed by atoms with van der Waals surface area (Å²) in [5.74, 6) is -1.57. The number of hydrogen-bond acceptors (Lipinski definition) is 3. The second-order valence-electron chi connectivity index (χ2n) is 2.09. The van der Waals surface area contributed by atoms with Crippen LogP contribution in [0.1, 0.15) is 0 Å². The minimum atomic E-state index is -4.70. The highest BCUT2D eigenvalue weighted by Crippen LogP contribution is 2.21. The first-order chi connectivity index (χ1) is 5.88. The van der Waals surface area contributed by atoms with Crippen LogP contribution in [0.5, 0.6) is 5.75 Å². The molecule has 0 amide bonds. The van der Waals surface area contributed by atoms with Crippen molar-refractivity contribution < 1.29 is 21.5 Å². The summed E-state index contributed by atoms with van der Waals surface area (Å²) >= 11 is 5.38. The summed E-state index contributed by atoms with van der Waals surface area (Å²) in [6.07, 6.45) is 0. The summed E-state index contributed by atoms with van der Waals surface area (Å²) in [5, 5.41) is 0.0974. The van der Waals surface area contributed by atoms with Gasteiger partial charge in [-0.25, -0.2) is 4.39 Å². The van der Waals surface area contributed by atoms with Crippen LogP contribution in [-0.2, 0) is 10.4 Å². The third kappa shape index (κ3) is 3.17. The molecular weight excluding hydrogens is 223 g/mol. The maximum atomic E-state index is 12.8. The summed E-state index contributed by atoms with van der Waals surface area (Å²) in [7, 11) is -4.70. The number of rotatable bonds is 2. The molecule has 1 aromatic rings. The molecule has 13 heavy (non-hydrogen) atoms. The van der Waals surface area contributed by atoms with Crippen molar-refractivity contribution in [1.82, 2.24) is 0 Å². The van der Waals surface area contributed by atoms with Crippen molar-refractivity contribution >= 4 is 22.0 Å². The fourth-order valence-corrected chi connectivity index (χ4v) is 1.18. The van der Waals surface area contributed by atoms with E-state index in [0.29, 0.717) is 0 Å². The molecule has 72 valence electrons. The molecule has 0 aliphatic rings. The highest BCUT2D eigenvalue weighted by atomic mass is 35.5. The van der Waals surface area contributed by atoms with Crippen LogP contribution in [-0.4, -0.2) is 13.0 Å². The van der Waals surface area contributed by atoms with Crippen LogP contribution >= 0.6 is 11.6 Å². The standard InChI is InChI=1S/C6H4ClFO4S/c7-4-1-2-6(5(8)3-4)12-13(9,10)11/h1-3H,(H,9,10,11). The summed E-state index contributed by atoms with van der Waals surface area (Å²) < 4.78 is 45.2. The average Bonchev–Trinajstić information content (AvgIpc) is 1.93. The molecule has 0 spiro atoms. The molecule has 0 saturated carbocycles.